The van der Waals surface area contributed by atoms with E-state index in [4.69, 9.17) is 28.9 Å². The number of rotatable bonds is 8. The van der Waals surface area contributed by atoms with Gasteiger partial charge in [0.15, 0.2) is 0 Å². The van der Waals surface area contributed by atoms with Gasteiger partial charge in [0.2, 0.25) is 18.2 Å². The van der Waals surface area contributed by atoms with E-state index in [-0.39, 0.29) is 11.6 Å². The summed E-state index contributed by atoms with van der Waals surface area (Å²) in [5, 5.41) is 3.33. The van der Waals surface area contributed by atoms with Gasteiger partial charge in [0.25, 0.3) is 0 Å². The highest BCUT2D eigenvalue weighted by molar-refractivity contribution is 6.42. The van der Waals surface area contributed by atoms with E-state index >= 15 is 0 Å². The van der Waals surface area contributed by atoms with Crippen LogP contribution in [-0.2, 0) is 26.6 Å². The van der Waals surface area contributed by atoms with E-state index in [2.05, 4.69) is 5.32 Å². The van der Waals surface area contributed by atoms with Crippen molar-refractivity contribution in [2.24, 2.45) is 5.73 Å². The van der Waals surface area contributed by atoms with Crippen LogP contribution >= 0.6 is 23.2 Å². The molecule has 0 bridgehead atoms. The molecule has 0 fully saturated rings. The molecule has 3 N–H and O–H groups in total. The quantitative estimate of drug-likeness (QED) is 0.400. The molecule has 2 aromatic carbocycles. The molecule has 0 heterocycles. The number of hydrogen-bond acceptors (Lipinski definition) is 3. The van der Waals surface area contributed by atoms with Gasteiger partial charge in [0, 0.05) is 6.54 Å². The Morgan fingerprint density at radius 2 is 1.81 bits per heavy atom. The summed E-state index contributed by atoms with van der Waals surface area (Å²) < 4.78 is 0. The molecule has 2 aromatic rings. The third-order valence-corrected chi connectivity index (χ3v) is 4.84. The van der Waals surface area contributed by atoms with Crippen molar-refractivity contribution in [2.75, 3.05) is 0 Å². The van der Waals surface area contributed by atoms with Gasteiger partial charge in [-0.2, -0.15) is 0 Å². The maximum Gasteiger partial charge on any atom is 0.231 e. The van der Waals surface area contributed by atoms with Crippen LogP contribution in [0.1, 0.15) is 24.5 Å². The second-order valence-corrected chi connectivity index (χ2v) is 6.93. The number of nitrogens with one attached hydrogen (secondary N) is 1. The van der Waals surface area contributed by atoms with Crippen molar-refractivity contribution in [3.63, 3.8) is 0 Å². The van der Waals surface area contributed by atoms with E-state index in [0.717, 1.165) is 5.56 Å². The highest BCUT2D eigenvalue weighted by atomic mass is 35.5. The molecule has 0 saturated carbocycles. The number of halogens is 2. The summed E-state index contributed by atoms with van der Waals surface area (Å²) in [6.07, 6.45) is 0.120. The van der Waals surface area contributed by atoms with E-state index in [9.17, 15) is 14.4 Å². The van der Waals surface area contributed by atoms with E-state index in [1.807, 2.05) is 30.3 Å². The average molecular weight is 408 g/mol. The Bertz CT molecular complexity index is 845. The normalized spacial score (nSPS) is 12.7. The number of primary amides is 1. The monoisotopic (exact) mass is 407 g/mol. The summed E-state index contributed by atoms with van der Waals surface area (Å²) in [6, 6.07) is 14.1. The van der Waals surface area contributed by atoms with E-state index in [1.54, 1.807) is 25.1 Å². The number of benzene rings is 2. The summed E-state index contributed by atoms with van der Waals surface area (Å²) >= 11 is 12.1. The summed E-state index contributed by atoms with van der Waals surface area (Å²) in [5.41, 5.74) is 5.21. The Morgan fingerprint density at radius 3 is 2.37 bits per heavy atom. The number of carbonyl (C=O) groups excluding carboxylic acids is 3. The predicted octanol–water partition coefficient (Wildman–Crippen LogP) is 2.82. The first-order chi connectivity index (χ1) is 12.8. The highest BCUT2D eigenvalue weighted by Crippen LogP contribution is 2.31. The largest absolute Gasteiger partial charge is 0.369 e. The SMILES string of the molecule is C[C@@](NC(=O)CC(N)=O)(c1ccc(Cl)c(Cl)c1)N(C=O)Cc1ccccc1. The second kappa shape index (κ2) is 8.88. The predicted molar refractivity (Wildman–Crippen MR) is 104 cm³/mol. The van der Waals surface area contributed by atoms with Gasteiger partial charge in [-0.25, -0.2) is 0 Å². The van der Waals surface area contributed by atoms with Crippen molar-refractivity contribution in [1.82, 2.24) is 10.2 Å². The lowest BCUT2D eigenvalue weighted by atomic mass is 9.98. The Kier molecular flexibility index (Phi) is 6.82. The Labute approximate surface area is 167 Å². The fourth-order valence-corrected chi connectivity index (χ4v) is 2.96. The maximum atomic E-state index is 12.3. The molecule has 2 rings (SSSR count). The minimum absolute atomic E-state index is 0.220. The van der Waals surface area contributed by atoms with Crippen LogP contribution in [0.15, 0.2) is 48.5 Å². The molecule has 0 unspecified atom stereocenters. The van der Waals surface area contributed by atoms with Crippen molar-refractivity contribution in [2.45, 2.75) is 25.6 Å². The topological polar surface area (TPSA) is 92.5 Å². The minimum Gasteiger partial charge on any atom is -0.369 e. The Hall–Kier alpha value is -2.57. The number of nitrogens with zero attached hydrogens (tertiary/aromatic N) is 1. The summed E-state index contributed by atoms with van der Waals surface area (Å²) in [6.45, 7) is 1.86. The number of carbonyl (C=O) groups is 3. The molecule has 0 saturated heterocycles. The molecule has 0 aliphatic carbocycles. The molecule has 6 nitrogen and oxygen atoms in total. The Balaban J connectivity index is 2.45. The fourth-order valence-electron chi connectivity index (χ4n) is 2.66. The molecule has 3 amide bonds. The van der Waals surface area contributed by atoms with E-state index in [1.165, 1.54) is 4.90 Å². The molecule has 8 heteroatoms. The molecule has 1 atom stereocenters. The average Bonchev–Trinajstić information content (AvgIpc) is 2.61. The zero-order valence-electron chi connectivity index (χ0n) is 14.6. The van der Waals surface area contributed by atoms with Gasteiger partial charge in [-0.15, -0.1) is 0 Å². The van der Waals surface area contributed by atoms with Crippen LogP contribution in [-0.4, -0.2) is 23.1 Å². The summed E-state index contributed by atoms with van der Waals surface area (Å²) in [7, 11) is 0. The van der Waals surface area contributed by atoms with Crippen LogP contribution in [0.5, 0.6) is 0 Å². The summed E-state index contributed by atoms with van der Waals surface area (Å²) in [4.78, 5) is 36.7. The summed E-state index contributed by atoms with van der Waals surface area (Å²) in [5.74, 6) is -1.39. The minimum atomic E-state index is -1.28. The first-order valence-corrected chi connectivity index (χ1v) is 8.82. The third kappa shape index (κ3) is 5.21. The molecule has 0 aliphatic heterocycles. The van der Waals surface area contributed by atoms with Gasteiger partial charge in [0.05, 0.1) is 10.0 Å². The fraction of sp³-hybridized carbons (Fsp3) is 0.211. The lowest BCUT2D eigenvalue weighted by Crippen LogP contribution is -2.55. The molecule has 0 aromatic heterocycles. The standard InChI is InChI=1S/C19H19Cl2N3O3/c1-19(23-18(27)10-17(22)26,14-7-8-15(20)16(21)9-14)24(12-25)11-13-5-3-2-4-6-13/h2-9,12H,10-11H2,1H3,(H2,22,26)(H,23,27)/t19-/m0/s1. The van der Waals surface area contributed by atoms with Crippen molar-refractivity contribution in [1.29, 1.82) is 0 Å². The molecular formula is C19H19Cl2N3O3. The zero-order chi connectivity index (χ0) is 20.0. The lowest BCUT2D eigenvalue weighted by Gasteiger charge is -2.40. The van der Waals surface area contributed by atoms with Crippen molar-refractivity contribution in [3.8, 4) is 0 Å². The van der Waals surface area contributed by atoms with Gasteiger partial charge in [0.1, 0.15) is 12.1 Å². The van der Waals surface area contributed by atoms with Crippen LogP contribution in [0.3, 0.4) is 0 Å². The van der Waals surface area contributed by atoms with Gasteiger partial charge >= 0.3 is 0 Å². The first kappa shape index (κ1) is 20.7. The van der Waals surface area contributed by atoms with Gasteiger partial charge < -0.3 is 16.0 Å². The zero-order valence-corrected chi connectivity index (χ0v) is 16.1. The number of amides is 3. The maximum absolute atomic E-state index is 12.3. The van der Waals surface area contributed by atoms with Crippen LogP contribution in [0.2, 0.25) is 10.0 Å². The van der Waals surface area contributed by atoms with Crippen molar-refractivity contribution >= 4 is 41.4 Å². The lowest BCUT2D eigenvalue weighted by molar-refractivity contribution is -0.134. The van der Waals surface area contributed by atoms with E-state index in [0.29, 0.717) is 17.0 Å². The van der Waals surface area contributed by atoms with E-state index < -0.39 is 23.9 Å². The first-order valence-electron chi connectivity index (χ1n) is 8.07. The molecule has 27 heavy (non-hydrogen) atoms. The van der Waals surface area contributed by atoms with Crippen molar-refractivity contribution < 1.29 is 14.4 Å². The molecule has 0 spiro atoms. The molecule has 0 aliphatic rings. The third-order valence-electron chi connectivity index (χ3n) is 4.10. The smallest absolute Gasteiger partial charge is 0.231 e. The molecule has 0 radical (unpaired) electrons. The van der Waals surface area contributed by atoms with Gasteiger partial charge in [-0.1, -0.05) is 59.6 Å². The van der Waals surface area contributed by atoms with Crippen LogP contribution in [0.4, 0.5) is 0 Å². The van der Waals surface area contributed by atoms with Gasteiger partial charge in [-0.3, -0.25) is 14.4 Å². The van der Waals surface area contributed by atoms with Crippen LogP contribution in [0.25, 0.3) is 0 Å². The number of hydrogen-bond donors (Lipinski definition) is 2. The molecule has 142 valence electrons. The Morgan fingerprint density at radius 1 is 1.15 bits per heavy atom. The number of nitrogens with two attached hydrogens (primary N) is 1. The highest BCUT2D eigenvalue weighted by Gasteiger charge is 2.35. The molecular weight excluding hydrogens is 389 g/mol. The van der Waals surface area contributed by atoms with Crippen LogP contribution in [0, 0.1) is 0 Å². The second-order valence-electron chi connectivity index (χ2n) is 6.11. The van der Waals surface area contributed by atoms with Crippen LogP contribution < -0.4 is 11.1 Å². The van der Waals surface area contributed by atoms with Crippen molar-refractivity contribution in [3.05, 3.63) is 69.7 Å². The van der Waals surface area contributed by atoms with Gasteiger partial charge in [-0.05, 0) is 30.2 Å².